The highest BCUT2D eigenvalue weighted by atomic mass is 16.1. The van der Waals surface area contributed by atoms with Crippen LogP contribution in [0.2, 0.25) is 0 Å². The van der Waals surface area contributed by atoms with Gasteiger partial charge in [0.15, 0.2) is 5.69 Å². The first-order valence-corrected chi connectivity index (χ1v) is 7.01. The highest BCUT2D eigenvalue weighted by Crippen LogP contribution is 2.24. The van der Waals surface area contributed by atoms with Crippen LogP contribution in [0.1, 0.15) is 49.5 Å². The third-order valence-electron chi connectivity index (χ3n) is 3.73. The molecule has 19 heavy (non-hydrogen) atoms. The van der Waals surface area contributed by atoms with Gasteiger partial charge in [-0.15, -0.1) is 10.2 Å². The summed E-state index contributed by atoms with van der Waals surface area (Å²) >= 11 is 0. The maximum absolute atomic E-state index is 11.4. The molecule has 1 aromatic heterocycles. The summed E-state index contributed by atoms with van der Waals surface area (Å²) < 4.78 is 0. The van der Waals surface area contributed by atoms with Gasteiger partial charge >= 0.3 is 0 Å². The Labute approximate surface area is 114 Å². The number of carbonyl (C=O) groups excluding carboxylic acids is 1. The van der Waals surface area contributed by atoms with Gasteiger partial charge in [-0.2, -0.15) is 0 Å². The number of rotatable bonds is 3. The lowest BCUT2D eigenvalue weighted by Gasteiger charge is -2.16. The molecular formula is C14H22N4O. The molecule has 0 radical (unpaired) electrons. The molecule has 0 spiro atoms. The number of aromatic nitrogens is 2. The van der Waals surface area contributed by atoms with Crippen LogP contribution in [0.4, 0.5) is 5.82 Å². The molecule has 1 saturated carbocycles. The maximum atomic E-state index is 11.4. The second kappa shape index (κ2) is 6.50. The molecule has 0 bridgehead atoms. The summed E-state index contributed by atoms with van der Waals surface area (Å²) in [7, 11) is 1.59. The molecule has 1 amide bonds. The van der Waals surface area contributed by atoms with E-state index in [4.69, 9.17) is 0 Å². The predicted octanol–water partition coefficient (Wildman–Crippen LogP) is 2.22. The Morgan fingerprint density at radius 3 is 2.74 bits per heavy atom. The maximum Gasteiger partial charge on any atom is 0.271 e. The van der Waals surface area contributed by atoms with Crippen LogP contribution in [0.5, 0.6) is 0 Å². The normalized spacial score (nSPS) is 23.5. The highest BCUT2D eigenvalue weighted by Gasteiger charge is 2.16. The molecule has 2 unspecified atom stereocenters. The Kier molecular flexibility index (Phi) is 4.71. The molecule has 1 heterocycles. The van der Waals surface area contributed by atoms with Gasteiger partial charge < -0.3 is 10.6 Å². The Hall–Kier alpha value is -1.65. The van der Waals surface area contributed by atoms with Crippen LogP contribution in [0.3, 0.4) is 0 Å². The number of amides is 1. The number of carbonyl (C=O) groups is 1. The third-order valence-corrected chi connectivity index (χ3v) is 3.73. The minimum absolute atomic E-state index is 0.206. The van der Waals surface area contributed by atoms with Crippen LogP contribution in [-0.4, -0.2) is 29.2 Å². The summed E-state index contributed by atoms with van der Waals surface area (Å²) in [6.45, 7) is 2.32. The van der Waals surface area contributed by atoms with Crippen molar-refractivity contribution < 1.29 is 4.79 Å². The van der Waals surface area contributed by atoms with Crippen molar-refractivity contribution in [2.24, 2.45) is 5.92 Å². The number of hydrogen-bond donors (Lipinski definition) is 2. The van der Waals surface area contributed by atoms with Crippen LogP contribution in [-0.2, 0) is 0 Å². The Bertz CT molecular complexity index is 418. The molecule has 0 aliphatic heterocycles. The fourth-order valence-corrected chi connectivity index (χ4v) is 2.50. The predicted molar refractivity (Wildman–Crippen MR) is 75.1 cm³/mol. The summed E-state index contributed by atoms with van der Waals surface area (Å²) in [6, 6.07) is 4.00. The van der Waals surface area contributed by atoms with Gasteiger partial charge in [0, 0.05) is 13.1 Å². The molecule has 1 fully saturated rings. The van der Waals surface area contributed by atoms with Crippen molar-refractivity contribution in [1.29, 1.82) is 0 Å². The minimum atomic E-state index is -0.206. The first kappa shape index (κ1) is 13.8. The Morgan fingerprint density at radius 2 is 2.05 bits per heavy atom. The van der Waals surface area contributed by atoms with E-state index in [1.807, 2.05) is 6.07 Å². The van der Waals surface area contributed by atoms with Gasteiger partial charge in [0.25, 0.3) is 5.91 Å². The summed E-state index contributed by atoms with van der Waals surface area (Å²) in [4.78, 5) is 11.4. The fraction of sp³-hybridized carbons (Fsp3) is 0.643. The van der Waals surface area contributed by atoms with Gasteiger partial charge in [0.05, 0.1) is 0 Å². The Morgan fingerprint density at radius 1 is 1.21 bits per heavy atom. The monoisotopic (exact) mass is 262 g/mol. The summed E-state index contributed by atoms with van der Waals surface area (Å²) in [5, 5.41) is 14.0. The van der Waals surface area contributed by atoms with Crippen LogP contribution >= 0.6 is 0 Å². The third kappa shape index (κ3) is 3.91. The average molecular weight is 262 g/mol. The summed E-state index contributed by atoms with van der Waals surface area (Å²) in [6.07, 6.45) is 6.22. The molecule has 1 aliphatic carbocycles. The zero-order valence-electron chi connectivity index (χ0n) is 11.6. The quantitative estimate of drug-likeness (QED) is 0.820. The first-order chi connectivity index (χ1) is 9.19. The fourth-order valence-electron chi connectivity index (χ4n) is 2.50. The van der Waals surface area contributed by atoms with E-state index in [0.29, 0.717) is 11.7 Å². The Balaban J connectivity index is 1.93. The summed E-state index contributed by atoms with van der Waals surface area (Å²) in [5.41, 5.74) is 0.350. The smallest absolute Gasteiger partial charge is 0.271 e. The molecule has 1 aromatic rings. The largest absolute Gasteiger partial charge is 0.366 e. The van der Waals surface area contributed by atoms with Crippen LogP contribution in [0.15, 0.2) is 12.1 Å². The minimum Gasteiger partial charge on any atom is -0.366 e. The van der Waals surface area contributed by atoms with Gasteiger partial charge in [-0.25, -0.2) is 0 Å². The van der Waals surface area contributed by atoms with Gasteiger partial charge in [-0.05, 0) is 37.3 Å². The van der Waals surface area contributed by atoms with Crippen molar-refractivity contribution in [2.45, 2.75) is 45.1 Å². The SMILES string of the molecule is CNC(=O)c1ccc(NC2CCCC(C)CC2)nn1. The van der Waals surface area contributed by atoms with E-state index in [1.54, 1.807) is 13.1 Å². The van der Waals surface area contributed by atoms with Crippen molar-refractivity contribution in [3.8, 4) is 0 Å². The van der Waals surface area contributed by atoms with E-state index in [0.717, 1.165) is 11.7 Å². The van der Waals surface area contributed by atoms with Gasteiger partial charge in [0.1, 0.15) is 5.82 Å². The topological polar surface area (TPSA) is 66.9 Å². The second-order valence-corrected chi connectivity index (χ2v) is 5.34. The van der Waals surface area contributed by atoms with E-state index >= 15 is 0 Å². The van der Waals surface area contributed by atoms with Crippen molar-refractivity contribution >= 4 is 11.7 Å². The molecule has 2 atom stereocenters. The number of nitrogens with zero attached hydrogens (tertiary/aromatic N) is 2. The van der Waals surface area contributed by atoms with Gasteiger partial charge in [0.2, 0.25) is 0 Å². The zero-order chi connectivity index (χ0) is 13.7. The second-order valence-electron chi connectivity index (χ2n) is 5.34. The molecule has 5 heteroatoms. The summed E-state index contributed by atoms with van der Waals surface area (Å²) in [5.74, 6) is 1.38. The number of anilines is 1. The van der Waals surface area contributed by atoms with Crippen LogP contribution < -0.4 is 10.6 Å². The lowest BCUT2D eigenvalue weighted by molar-refractivity contribution is 0.0957. The molecular weight excluding hydrogens is 240 g/mol. The molecule has 2 rings (SSSR count). The lowest BCUT2D eigenvalue weighted by atomic mass is 10.0. The van der Waals surface area contributed by atoms with Gasteiger partial charge in [-0.1, -0.05) is 19.8 Å². The van der Waals surface area contributed by atoms with Crippen molar-refractivity contribution in [3.05, 3.63) is 17.8 Å². The molecule has 1 aliphatic rings. The van der Waals surface area contributed by atoms with E-state index in [9.17, 15) is 4.79 Å². The molecule has 5 nitrogen and oxygen atoms in total. The highest BCUT2D eigenvalue weighted by molar-refractivity contribution is 5.91. The molecule has 0 aromatic carbocycles. The first-order valence-electron chi connectivity index (χ1n) is 7.01. The number of nitrogens with one attached hydrogen (secondary N) is 2. The van der Waals surface area contributed by atoms with Crippen molar-refractivity contribution in [2.75, 3.05) is 12.4 Å². The van der Waals surface area contributed by atoms with E-state index in [2.05, 4.69) is 27.8 Å². The average Bonchev–Trinajstić information content (AvgIpc) is 2.64. The molecule has 0 saturated heterocycles. The van der Waals surface area contributed by atoms with Crippen molar-refractivity contribution in [3.63, 3.8) is 0 Å². The van der Waals surface area contributed by atoms with Crippen LogP contribution in [0, 0.1) is 5.92 Å². The van der Waals surface area contributed by atoms with E-state index in [1.165, 1.54) is 32.1 Å². The zero-order valence-corrected chi connectivity index (χ0v) is 11.6. The standard InChI is InChI=1S/C14H22N4O/c1-10-4-3-5-11(7-6-10)16-13-9-8-12(17-18-13)14(19)15-2/h8-11H,3-7H2,1-2H3,(H,15,19)(H,16,18). The van der Waals surface area contributed by atoms with Gasteiger partial charge in [-0.3, -0.25) is 4.79 Å². The number of hydrogen-bond acceptors (Lipinski definition) is 4. The van der Waals surface area contributed by atoms with E-state index in [-0.39, 0.29) is 5.91 Å². The molecule has 104 valence electrons. The molecule has 2 N–H and O–H groups in total. The van der Waals surface area contributed by atoms with Crippen LogP contribution in [0.25, 0.3) is 0 Å². The van der Waals surface area contributed by atoms with Crippen molar-refractivity contribution in [1.82, 2.24) is 15.5 Å². The lowest BCUT2D eigenvalue weighted by Crippen LogP contribution is -2.22. The van der Waals surface area contributed by atoms with E-state index < -0.39 is 0 Å².